The van der Waals surface area contributed by atoms with E-state index in [1.165, 1.54) is 54.5 Å². The molecule has 0 unspecified atom stereocenters. The zero-order chi connectivity index (χ0) is 11.0. The molecule has 0 amide bonds. The van der Waals surface area contributed by atoms with Crippen LogP contribution in [0.3, 0.4) is 0 Å². The Balaban J connectivity index is 1.55. The van der Waals surface area contributed by atoms with Crippen LogP contribution in [0.1, 0.15) is 37.0 Å². The minimum atomic E-state index is 0.724. The van der Waals surface area contributed by atoms with E-state index in [0.29, 0.717) is 0 Å². The molecule has 1 aromatic heterocycles. The predicted octanol–water partition coefficient (Wildman–Crippen LogP) is 4.28. The van der Waals surface area contributed by atoms with Crippen molar-refractivity contribution >= 4 is 27.3 Å². The molecule has 1 nitrogen and oxygen atoms in total. The second kappa shape index (κ2) is 4.43. The summed E-state index contributed by atoms with van der Waals surface area (Å²) in [5, 5.41) is 2.18. The maximum Gasteiger partial charge on any atom is 0.0339 e. The second-order valence-electron chi connectivity index (χ2n) is 5.40. The van der Waals surface area contributed by atoms with E-state index in [1.54, 1.807) is 0 Å². The molecule has 2 aliphatic rings. The fraction of sp³-hybridized carbons (Fsp3) is 0.692. The topological polar surface area (TPSA) is 3.24 Å². The molecule has 3 rings (SSSR count). The normalized spacial score (nSPS) is 24.6. The molecule has 0 aromatic carbocycles. The zero-order valence-electron chi connectivity index (χ0n) is 9.54. The summed E-state index contributed by atoms with van der Waals surface area (Å²) in [5.41, 5.74) is 0.724. The smallest absolute Gasteiger partial charge is 0.0339 e. The van der Waals surface area contributed by atoms with Gasteiger partial charge < -0.3 is 0 Å². The Labute approximate surface area is 110 Å². The number of thiophene rings is 1. The van der Waals surface area contributed by atoms with Crippen molar-refractivity contribution in [1.29, 1.82) is 0 Å². The maximum atomic E-state index is 3.62. The van der Waals surface area contributed by atoms with Crippen LogP contribution in [0.5, 0.6) is 0 Å². The molecule has 1 aliphatic heterocycles. The molecule has 0 bridgehead atoms. The molecule has 88 valence electrons. The number of likely N-dealkylation sites (tertiary alicyclic amines) is 1. The fourth-order valence-corrected chi connectivity index (χ4v) is 4.79. The lowest BCUT2D eigenvalue weighted by Gasteiger charge is -2.52. The van der Waals surface area contributed by atoms with E-state index in [9.17, 15) is 0 Å². The minimum absolute atomic E-state index is 0.724. The zero-order valence-corrected chi connectivity index (χ0v) is 11.9. The summed E-state index contributed by atoms with van der Waals surface area (Å²) in [6, 6.07) is 2.16. The van der Waals surface area contributed by atoms with E-state index in [2.05, 4.69) is 32.3 Å². The summed E-state index contributed by atoms with van der Waals surface area (Å²) in [4.78, 5) is 4.10. The van der Waals surface area contributed by atoms with Crippen LogP contribution < -0.4 is 0 Å². The molecule has 1 saturated carbocycles. The molecule has 1 spiro atoms. The van der Waals surface area contributed by atoms with E-state index in [0.717, 1.165) is 12.0 Å². The summed E-state index contributed by atoms with van der Waals surface area (Å²) >= 11 is 5.49. The summed E-state index contributed by atoms with van der Waals surface area (Å²) in [6.07, 6.45) is 7.37. The maximum absolute atomic E-state index is 3.62. The average molecular weight is 300 g/mol. The Kier molecular flexibility index (Phi) is 3.11. The van der Waals surface area contributed by atoms with Gasteiger partial charge in [-0.2, -0.15) is 0 Å². The quantitative estimate of drug-likeness (QED) is 0.788. The van der Waals surface area contributed by atoms with Gasteiger partial charge in [-0.3, -0.25) is 4.90 Å². The number of halogens is 1. The minimum Gasteiger partial charge on any atom is -0.297 e. The molecule has 0 N–H and O–H groups in total. The third-order valence-corrected chi connectivity index (χ3v) is 6.00. The predicted molar refractivity (Wildman–Crippen MR) is 72.8 cm³/mol. The van der Waals surface area contributed by atoms with Crippen molar-refractivity contribution in [3.8, 4) is 0 Å². The number of hydrogen-bond acceptors (Lipinski definition) is 2. The van der Waals surface area contributed by atoms with Crippen molar-refractivity contribution in [3.63, 3.8) is 0 Å². The van der Waals surface area contributed by atoms with Crippen molar-refractivity contribution in [2.24, 2.45) is 5.41 Å². The van der Waals surface area contributed by atoms with Gasteiger partial charge in [-0.25, -0.2) is 0 Å². The molecule has 2 fully saturated rings. The van der Waals surface area contributed by atoms with Gasteiger partial charge in [0, 0.05) is 29.0 Å². The van der Waals surface area contributed by atoms with Crippen LogP contribution in [0, 0.1) is 5.41 Å². The van der Waals surface area contributed by atoms with Crippen LogP contribution in [0.25, 0.3) is 0 Å². The first-order chi connectivity index (χ1) is 7.77. The Hall–Kier alpha value is 0.140. The Morgan fingerprint density at radius 3 is 2.62 bits per heavy atom. The van der Waals surface area contributed by atoms with Crippen LogP contribution in [0.15, 0.2) is 15.9 Å². The molecular formula is C13H18BrNS. The van der Waals surface area contributed by atoms with Gasteiger partial charge in [0.25, 0.3) is 0 Å². The fourth-order valence-electron chi connectivity index (χ4n) is 3.27. The standard InChI is InChI=1S/C13H18BrNS/c14-11-4-7-16-12(11)8-15-9-13(10-15)5-2-1-3-6-13/h4,7H,1-3,5-6,8-10H2. The van der Waals surface area contributed by atoms with Gasteiger partial charge in [-0.1, -0.05) is 19.3 Å². The molecule has 2 heterocycles. The lowest BCUT2D eigenvalue weighted by Crippen LogP contribution is -2.56. The molecule has 1 aromatic rings. The summed E-state index contributed by atoms with van der Waals surface area (Å²) in [7, 11) is 0. The second-order valence-corrected chi connectivity index (χ2v) is 7.25. The first-order valence-electron chi connectivity index (χ1n) is 6.22. The first kappa shape index (κ1) is 11.2. The summed E-state index contributed by atoms with van der Waals surface area (Å²) < 4.78 is 1.29. The van der Waals surface area contributed by atoms with Gasteiger partial charge in [0.1, 0.15) is 0 Å². The van der Waals surface area contributed by atoms with Crippen LogP contribution in [-0.4, -0.2) is 18.0 Å². The number of hydrogen-bond donors (Lipinski definition) is 0. The summed E-state index contributed by atoms with van der Waals surface area (Å²) in [5.74, 6) is 0. The van der Waals surface area contributed by atoms with Crippen molar-refractivity contribution < 1.29 is 0 Å². The number of rotatable bonds is 2. The Morgan fingerprint density at radius 2 is 2.00 bits per heavy atom. The first-order valence-corrected chi connectivity index (χ1v) is 7.89. The highest BCUT2D eigenvalue weighted by molar-refractivity contribution is 9.10. The molecule has 1 aliphatic carbocycles. The Bertz CT molecular complexity index is 360. The van der Waals surface area contributed by atoms with Crippen LogP contribution in [0.2, 0.25) is 0 Å². The van der Waals surface area contributed by atoms with E-state index in [-0.39, 0.29) is 0 Å². The molecule has 0 atom stereocenters. The van der Waals surface area contributed by atoms with E-state index in [1.807, 2.05) is 11.3 Å². The van der Waals surface area contributed by atoms with Gasteiger partial charge >= 0.3 is 0 Å². The molecule has 3 heteroatoms. The highest BCUT2D eigenvalue weighted by Gasteiger charge is 2.42. The highest BCUT2D eigenvalue weighted by atomic mass is 79.9. The van der Waals surface area contributed by atoms with Crippen LogP contribution >= 0.6 is 27.3 Å². The van der Waals surface area contributed by atoms with Gasteiger partial charge in [-0.05, 0) is 45.6 Å². The molecule has 1 saturated heterocycles. The molecular weight excluding hydrogens is 282 g/mol. The highest BCUT2D eigenvalue weighted by Crippen LogP contribution is 2.44. The van der Waals surface area contributed by atoms with E-state index < -0.39 is 0 Å². The lowest BCUT2D eigenvalue weighted by molar-refractivity contribution is -0.0327. The van der Waals surface area contributed by atoms with Crippen molar-refractivity contribution in [2.75, 3.05) is 13.1 Å². The van der Waals surface area contributed by atoms with Crippen molar-refractivity contribution in [1.82, 2.24) is 4.90 Å². The van der Waals surface area contributed by atoms with E-state index >= 15 is 0 Å². The average Bonchev–Trinajstić information content (AvgIpc) is 2.64. The Morgan fingerprint density at radius 1 is 1.25 bits per heavy atom. The van der Waals surface area contributed by atoms with Crippen LogP contribution in [-0.2, 0) is 6.54 Å². The molecule has 0 radical (unpaired) electrons. The third kappa shape index (κ3) is 2.09. The van der Waals surface area contributed by atoms with Gasteiger partial charge in [0.15, 0.2) is 0 Å². The van der Waals surface area contributed by atoms with Gasteiger partial charge in [0.2, 0.25) is 0 Å². The largest absolute Gasteiger partial charge is 0.297 e. The number of nitrogens with zero attached hydrogens (tertiary/aromatic N) is 1. The molecule has 16 heavy (non-hydrogen) atoms. The monoisotopic (exact) mass is 299 g/mol. The van der Waals surface area contributed by atoms with Gasteiger partial charge in [0.05, 0.1) is 0 Å². The van der Waals surface area contributed by atoms with E-state index in [4.69, 9.17) is 0 Å². The third-order valence-electron chi connectivity index (χ3n) is 4.09. The SMILES string of the molecule is Brc1ccsc1CN1CC2(CCCCC2)C1. The summed E-state index contributed by atoms with van der Waals surface area (Å²) in [6.45, 7) is 3.84. The van der Waals surface area contributed by atoms with Crippen molar-refractivity contribution in [2.45, 2.75) is 38.6 Å². The van der Waals surface area contributed by atoms with Crippen LogP contribution in [0.4, 0.5) is 0 Å². The van der Waals surface area contributed by atoms with Gasteiger partial charge in [-0.15, -0.1) is 11.3 Å². The lowest BCUT2D eigenvalue weighted by atomic mass is 9.69. The van der Waals surface area contributed by atoms with Crippen molar-refractivity contribution in [3.05, 3.63) is 20.8 Å².